The molecular weight excluding hydrogens is 190 g/mol. The first-order valence-corrected chi connectivity index (χ1v) is 5.28. The molecule has 4 nitrogen and oxygen atoms in total. The molecule has 0 fully saturated rings. The molecule has 0 aliphatic heterocycles. The van der Waals surface area contributed by atoms with Crippen molar-refractivity contribution >= 4 is 0 Å². The highest BCUT2D eigenvalue weighted by molar-refractivity contribution is 5.26. The van der Waals surface area contributed by atoms with E-state index in [9.17, 15) is 0 Å². The molecule has 1 aromatic rings. The van der Waals surface area contributed by atoms with E-state index < -0.39 is 0 Å². The molecule has 0 radical (unpaired) electrons. The Labute approximate surface area is 90.9 Å². The highest BCUT2D eigenvalue weighted by atomic mass is 16.5. The van der Waals surface area contributed by atoms with Gasteiger partial charge in [0.1, 0.15) is 6.33 Å². The number of ether oxygens (including phenoxy) is 1. The van der Waals surface area contributed by atoms with Gasteiger partial charge in [0.05, 0.1) is 6.61 Å². The average molecular weight is 209 g/mol. The monoisotopic (exact) mass is 209 g/mol. The summed E-state index contributed by atoms with van der Waals surface area (Å²) in [7, 11) is 0. The SMILES string of the molecule is CC(C)COc1ncncc1C(C)CN. The van der Waals surface area contributed by atoms with Gasteiger partial charge in [-0.15, -0.1) is 0 Å². The second kappa shape index (κ2) is 5.66. The van der Waals surface area contributed by atoms with Gasteiger partial charge < -0.3 is 10.5 Å². The lowest BCUT2D eigenvalue weighted by atomic mass is 10.1. The summed E-state index contributed by atoms with van der Waals surface area (Å²) in [5.41, 5.74) is 6.60. The molecule has 4 heteroatoms. The predicted molar refractivity (Wildman–Crippen MR) is 59.8 cm³/mol. The summed E-state index contributed by atoms with van der Waals surface area (Å²) >= 11 is 0. The summed E-state index contributed by atoms with van der Waals surface area (Å²) in [4.78, 5) is 8.13. The molecule has 0 amide bonds. The highest BCUT2D eigenvalue weighted by Gasteiger charge is 2.12. The van der Waals surface area contributed by atoms with E-state index >= 15 is 0 Å². The Bertz CT molecular complexity index is 302. The lowest BCUT2D eigenvalue weighted by Crippen LogP contribution is -2.13. The minimum Gasteiger partial charge on any atom is -0.477 e. The van der Waals surface area contributed by atoms with Crippen LogP contribution in [0, 0.1) is 5.92 Å². The van der Waals surface area contributed by atoms with Gasteiger partial charge in [-0.05, 0) is 12.5 Å². The maximum Gasteiger partial charge on any atom is 0.219 e. The number of hydrogen-bond acceptors (Lipinski definition) is 4. The Hall–Kier alpha value is -1.16. The predicted octanol–water partition coefficient (Wildman–Crippen LogP) is 1.57. The Balaban J connectivity index is 2.77. The molecule has 1 unspecified atom stereocenters. The van der Waals surface area contributed by atoms with Crippen molar-refractivity contribution in [1.29, 1.82) is 0 Å². The fraction of sp³-hybridized carbons (Fsp3) is 0.636. The molecule has 1 heterocycles. The van der Waals surface area contributed by atoms with Crippen LogP contribution in [0.2, 0.25) is 0 Å². The lowest BCUT2D eigenvalue weighted by Gasteiger charge is -2.14. The van der Waals surface area contributed by atoms with E-state index in [4.69, 9.17) is 10.5 Å². The lowest BCUT2D eigenvalue weighted by molar-refractivity contribution is 0.257. The molecule has 0 saturated heterocycles. The molecule has 1 rings (SSSR count). The molecule has 0 aliphatic carbocycles. The van der Waals surface area contributed by atoms with Crippen LogP contribution in [0.3, 0.4) is 0 Å². The smallest absolute Gasteiger partial charge is 0.219 e. The number of aromatic nitrogens is 2. The van der Waals surface area contributed by atoms with Gasteiger partial charge in [-0.25, -0.2) is 9.97 Å². The van der Waals surface area contributed by atoms with Crippen LogP contribution in [0.15, 0.2) is 12.5 Å². The summed E-state index contributed by atoms with van der Waals surface area (Å²) in [5, 5.41) is 0. The van der Waals surface area contributed by atoms with Crippen LogP contribution in [0.25, 0.3) is 0 Å². The third-order valence-corrected chi connectivity index (χ3v) is 2.14. The van der Waals surface area contributed by atoms with Crippen molar-refractivity contribution in [2.24, 2.45) is 11.7 Å². The minimum atomic E-state index is 0.230. The maximum atomic E-state index is 5.62. The first-order chi connectivity index (χ1) is 7.15. The largest absolute Gasteiger partial charge is 0.477 e. The van der Waals surface area contributed by atoms with E-state index in [1.807, 2.05) is 6.92 Å². The normalized spacial score (nSPS) is 12.9. The van der Waals surface area contributed by atoms with Gasteiger partial charge in [0.15, 0.2) is 0 Å². The van der Waals surface area contributed by atoms with E-state index in [2.05, 4.69) is 23.8 Å². The molecule has 0 spiro atoms. The first-order valence-electron chi connectivity index (χ1n) is 5.28. The van der Waals surface area contributed by atoms with Gasteiger partial charge in [0.2, 0.25) is 5.88 Å². The van der Waals surface area contributed by atoms with E-state index in [0.717, 1.165) is 5.56 Å². The van der Waals surface area contributed by atoms with Crippen molar-refractivity contribution < 1.29 is 4.74 Å². The number of nitrogens with zero attached hydrogens (tertiary/aromatic N) is 2. The Morgan fingerprint density at radius 3 is 2.73 bits per heavy atom. The topological polar surface area (TPSA) is 61.0 Å². The van der Waals surface area contributed by atoms with Crippen LogP contribution in [0.4, 0.5) is 0 Å². The zero-order valence-electron chi connectivity index (χ0n) is 9.60. The fourth-order valence-corrected chi connectivity index (χ4v) is 1.16. The Morgan fingerprint density at radius 1 is 1.40 bits per heavy atom. The van der Waals surface area contributed by atoms with Crippen LogP contribution < -0.4 is 10.5 Å². The Morgan fingerprint density at radius 2 is 2.13 bits per heavy atom. The summed E-state index contributed by atoms with van der Waals surface area (Å²) in [6, 6.07) is 0. The molecule has 1 atom stereocenters. The molecule has 0 bridgehead atoms. The van der Waals surface area contributed by atoms with Crippen molar-refractivity contribution in [3.05, 3.63) is 18.1 Å². The van der Waals surface area contributed by atoms with E-state index in [1.165, 1.54) is 6.33 Å². The number of hydrogen-bond donors (Lipinski definition) is 1. The van der Waals surface area contributed by atoms with Crippen LogP contribution in [0.5, 0.6) is 5.88 Å². The number of nitrogens with two attached hydrogens (primary N) is 1. The minimum absolute atomic E-state index is 0.230. The van der Waals surface area contributed by atoms with E-state index in [0.29, 0.717) is 24.9 Å². The van der Waals surface area contributed by atoms with Gasteiger partial charge in [-0.1, -0.05) is 20.8 Å². The van der Waals surface area contributed by atoms with Crippen LogP contribution in [-0.2, 0) is 0 Å². The maximum absolute atomic E-state index is 5.62. The van der Waals surface area contributed by atoms with E-state index in [1.54, 1.807) is 6.20 Å². The molecule has 0 aliphatic rings. The van der Waals surface area contributed by atoms with Crippen molar-refractivity contribution in [3.63, 3.8) is 0 Å². The quantitative estimate of drug-likeness (QED) is 0.799. The second-order valence-corrected chi connectivity index (χ2v) is 4.12. The van der Waals surface area contributed by atoms with Crippen LogP contribution in [-0.4, -0.2) is 23.1 Å². The summed E-state index contributed by atoms with van der Waals surface area (Å²) in [5.74, 6) is 1.38. The Kier molecular flexibility index (Phi) is 4.49. The van der Waals surface area contributed by atoms with Gasteiger partial charge in [0, 0.05) is 17.7 Å². The average Bonchev–Trinajstić information content (AvgIpc) is 2.25. The summed E-state index contributed by atoms with van der Waals surface area (Å²) in [6.07, 6.45) is 3.28. The molecular formula is C11H19N3O. The van der Waals surface area contributed by atoms with Crippen molar-refractivity contribution in [1.82, 2.24) is 9.97 Å². The van der Waals surface area contributed by atoms with Gasteiger partial charge in [0.25, 0.3) is 0 Å². The van der Waals surface area contributed by atoms with Gasteiger partial charge in [-0.2, -0.15) is 0 Å². The van der Waals surface area contributed by atoms with Crippen LogP contribution in [0.1, 0.15) is 32.3 Å². The molecule has 0 saturated carbocycles. The first kappa shape index (κ1) is 11.9. The third-order valence-electron chi connectivity index (χ3n) is 2.14. The standard InChI is InChI=1S/C11H19N3O/c1-8(2)6-15-11-10(9(3)4-12)5-13-7-14-11/h5,7-9H,4,6,12H2,1-3H3. The highest BCUT2D eigenvalue weighted by Crippen LogP contribution is 2.22. The zero-order valence-corrected chi connectivity index (χ0v) is 9.60. The van der Waals surface area contributed by atoms with E-state index in [-0.39, 0.29) is 5.92 Å². The molecule has 1 aromatic heterocycles. The molecule has 0 aromatic carbocycles. The van der Waals surface area contributed by atoms with Gasteiger partial charge in [-0.3, -0.25) is 0 Å². The van der Waals surface area contributed by atoms with Gasteiger partial charge >= 0.3 is 0 Å². The second-order valence-electron chi connectivity index (χ2n) is 4.12. The fourth-order valence-electron chi connectivity index (χ4n) is 1.16. The van der Waals surface area contributed by atoms with Crippen molar-refractivity contribution in [2.45, 2.75) is 26.7 Å². The van der Waals surface area contributed by atoms with Crippen LogP contribution >= 0.6 is 0 Å². The zero-order chi connectivity index (χ0) is 11.3. The number of rotatable bonds is 5. The summed E-state index contributed by atoms with van der Waals surface area (Å²) < 4.78 is 5.61. The summed E-state index contributed by atoms with van der Waals surface area (Å²) in [6.45, 7) is 7.49. The molecule has 84 valence electrons. The van der Waals surface area contributed by atoms with Crippen molar-refractivity contribution in [2.75, 3.05) is 13.2 Å². The van der Waals surface area contributed by atoms with Crippen molar-refractivity contribution in [3.8, 4) is 5.88 Å². The molecule has 15 heavy (non-hydrogen) atoms. The molecule has 2 N–H and O–H groups in total. The third kappa shape index (κ3) is 3.47.